The van der Waals surface area contributed by atoms with Gasteiger partial charge in [0.2, 0.25) is 0 Å². The molecule has 7 nitrogen and oxygen atoms in total. The third-order valence-electron chi connectivity index (χ3n) is 2.12. The summed E-state index contributed by atoms with van der Waals surface area (Å²) < 4.78 is 0. The molecule has 1 amide bonds. The summed E-state index contributed by atoms with van der Waals surface area (Å²) >= 11 is 1.27. The summed E-state index contributed by atoms with van der Waals surface area (Å²) in [5.41, 5.74) is 4.09. The summed E-state index contributed by atoms with van der Waals surface area (Å²) in [5.74, 6) is -1.59. The molecule has 0 fully saturated rings. The Labute approximate surface area is 108 Å². The lowest BCUT2D eigenvalue weighted by atomic mass is 10.0. The van der Waals surface area contributed by atoms with Gasteiger partial charge in [-0.1, -0.05) is 0 Å². The van der Waals surface area contributed by atoms with E-state index in [2.05, 4.69) is 10.3 Å². The lowest BCUT2D eigenvalue weighted by molar-refractivity contribution is -0.141. The lowest BCUT2D eigenvalue weighted by Gasteiger charge is -2.21. The van der Waals surface area contributed by atoms with Crippen molar-refractivity contribution in [1.82, 2.24) is 10.3 Å². The Morgan fingerprint density at radius 2 is 2.28 bits per heavy atom. The van der Waals surface area contributed by atoms with Crippen LogP contribution in [0.1, 0.15) is 28.8 Å². The summed E-state index contributed by atoms with van der Waals surface area (Å²) in [7, 11) is 0. The van der Waals surface area contributed by atoms with E-state index in [1.54, 1.807) is 5.38 Å². The molecule has 0 bridgehead atoms. The maximum Gasteiger partial charge on any atom is 0.306 e. The molecule has 0 aromatic carbocycles. The van der Waals surface area contributed by atoms with Crippen LogP contribution in [0.2, 0.25) is 0 Å². The number of carbonyl (C=O) groups excluding carboxylic acids is 1. The van der Waals surface area contributed by atoms with Gasteiger partial charge >= 0.3 is 5.97 Å². The Kier molecular flexibility index (Phi) is 4.76. The zero-order valence-electron chi connectivity index (χ0n) is 9.84. The molecule has 8 heteroatoms. The van der Waals surface area contributed by atoms with Gasteiger partial charge in [-0.15, -0.1) is 11.3 Å². The van der Waals surface area contributed by atoms with Crippen LogP contribution in [-0.2, 0) is 11.3 Å². The third-order valence-corrected chi connectivity index (χ3v) is 2.99. The predicted octanol–water partition coefficient (Wildman–Crippen LogP) is -0.443. The SMILES string of the molecule is CC(O)(CNC(=O)c1csc(CN)n1)CC(=O)O. The van der Waals surface area contributed by atoms with E-state index in [0.717, 1.165) is 0 Å². The molecule has 1 heterocycles. The number of aliphatic carboxylic acids is 1. The van der Waals surface area contributed by atoms with E-state index >= 15 is 0 Å². The fourth-order valence-electron chi connectivity index (χ4n) is 1.26. The first-order valence-electron chi connectivity index (χ1n) is 5.21. The standard InChI is InChI=1S/C10H15N3O4S/c1-10(17,2-8(14)15)5-12-9(16)6-4-18-7(3-11)13-6/h4,17H,2-3,5,11H2,1H3,(H,12,16)(H,14,15). The van der Waals surface area contributed by atoms with E-state index < -0.39 is 23.9 Å². The highest BCUT2D eigenvalue weighted by Gasteiger charge is 2.25. The summed E-state index contributed by atoms with van der Waals surface area (Å²) in [6.07, 6.45) is -0.446. The second kappa shape index (κ2) is 5.89. The van der Waals surface area contributed by atoms with Crippen molar-refractivity contribution in [2.24, 2.45) is 5.73 Å². The van der Waals surface area contributed by atoms with Crippen molar-refractivity contribution in [1.29, 1.82) is 0 Å². The Morgan fingerprint density at radius 1 is 1.61 bits per heavy atom. The number of carbonyl (C=O) groups is 2. The number of rotatable bonds is 6. The molecule has 1 atom stereocenters. The van der Waals surface area contributed by atoms with Crippen LogP contribution in [0.5, 0.6) is 0 Å². The maximum absolute atomic E-state index is 11.6. The molecule has 0 aliphatic rings. The van der Waals surface area contributed by atoms with Crippen LogP contribution < -0.4 is 11.1 Å². The van der Waals surface area contributed by atoms with Crippen molar-refractivity contribution in [2.45, 2.75) is 25.5 Å². The van der Waals surface area contributed by atoms with Gasteiger partial charge in [0.25, 0.3) is 5.91 Å². The highest BCUT2D eigenvalue weighted by molar-refractivity contribution is 7.09. The molecule has 1 unspecified atom stereocenters. The second-order valence-corrected chi connectivity index (χ2v) is 5.02. The number of nitrogens with two attached hydrogens (primary N) is 1. The number of hydrogen-bond acceptors (Lipinski definition) is 6. The topological polar surface area (TPSA) is 126 Å². The molecule has 0 aliphatic carbocycles. The zero-order valence-corrected chi connectivity index (χ0v) is 10.7. The largest absolute Gasteiger partial charge is 0.481 e. The molecular formula is C10H15N3O4S. The molecule has 1 aromatic heterocycles. The van der Waals surface area contributed by atoms with E-state index in [-0.39, 0.29) is 18.8 Å². The van der Waals surface area contributed by atoms with Gasteiger partial charge < -0.3 is 21.3 Å². The normalized spacial score (nSPS) is 13.9. The minimum atomic E-state index is -1.49. The molecule has 0 spiro atoms. The van der Waals surface area contributed by atoms with Crippen LogP contribution in [0.3, 0.4) is 0 Å². The van der Waals surface area contributed by atoms with Crippen molar-refractivity contribution < 1.29 is 19.8 Å². The number of nitrogens with one attached hydrogen (secondary N) is 1. The molecule has 0 saturated carbocycles. The van der Waals surface area contributed by atoms with Crippen molar-refractivity contribution >= 4 is 23.2 Å². The number of thiazole rings is 1. The molecule has 1 rings (SSSR count). The number of hydrogen-bond donors (Lipinski definition) is 4. The average molecular weight is 273 g/mol. The average Bonchev–Trinajstić information content (AvgIpc) is 2.72. The van der Waals surface area contributed by atoms with Crippen LogP contribution in [0, 0.1) is 0 Å². The molecular weight excluding hydrogens is 258 g/mol. The van der Waals surface area contributed by atoms with Gasteiger partial charge in [0.1, 0.15) is 10.7 Å². The third kappa shape index (κ3) is 4.40. The molecule has 100 valence electrons. The van der Waals surface area contributed by atoms with Gasteiger partial charge in [0.15, 0.2) is 0 Å². The van der Waals surface area contributed by atoms with Gasteiger partial charge in [0, 0.05) is 18.5 Å². The smallest absolute Gasteiger partial charge is 0.306 e. The minimum absolute atomic E-state index is 0.159. The van der Waals surface area contributed by atoms with E-state index in [1.807, 2.05) is 0 Å². The summed E-state index contributed by atoms with van der Waals surface area (Å²) in [6, 6.07) is 0. The Hall–Kier alpha value is -1.51. The number of amides is 1. The quantitative estimate of drug-likeness (QED) is 0.556. The number of carboxylic acids is 1. The highest BCUT2D eigenvalue weighted by Crippen LogP contribution is 2.10. The van der Waals surface area contributed by atoms with Crippen LogP contribution in [-0.4, -0.2) is 39.2 Å². The fraction of sp³-hybridized carbons (Fsp3) is 0.500. The van der Waals surface area contributed by atoms with Crippen LogP contribution in [0.4, 0.5) is 0 Å². The number of carboxylic acid groups (broad SMARTS) is 1. The molecule has 0 aliphatic heterocycles. The van der Waals surface area contributed by atoms with Gasteiger partial charge in [-0.05, 0) is 6.92 Å². The molecule has 5 N–H and O–H groups in total. The van der Waals surface area contributed by atoms with Gasteiger partial charge in [-0.2, -0.15) is 0 Å². The number of aliphatic hydroxyl groups is 1. The van der Waals surface area contributed by atoms with Gasteiger partial charge in [-0.3, -0.25) is 9.59 Å². The Morgan fingerprint density at radius 3 is 2.78 bits per heavy atom. The highest BCUT2D eigenvalue weighted by atomic mass is 32.1. The van der Waals surface area contributed by atoms with Crippen LogP contribution in [0.15, 0.2) is 5.38 Å². The van der Waals surface area contributed by atoms with Gasteiger partial charge in [0.05, 0.1) is 12.0 Å². The van der Waals surface area contributed by atoms with Crippen molar-refractivity contribution in [2.75, 3.05) is 6.54 Å². The molecule has 1 aromatic rings. The first-order chi connectivity index (χ1) is 8.34. The number of nitrogens with zero attached hydrogens (tertiary/aromatic N) is 1. The minimum Gasteiger partial charge on any atom is -0.481 e. The second-order valence-electron chi connectivity index (χ2n) is 4.08. The summed E-state index contributed by atoms with van der Waals surface area (Å²) in [5, 5.41) is 22.9. The zero-order chi connectivity index (χ0) is 13.8. The summed E-state index contributed by atoms with van der Waals surface area (Å²) in [6.45, 7) is 1.44. The van der Waals surface area contributed by atoms with Gasteiger partial charge in [-0.25, -0.2) is 4.98 Å². The van der Waals surface area contributed by atoms with Crippen molar-refractivity contribution in [3.63, 3.8) is 0 Å². The van der Waals surface area contributed by atoms with Crippen molar-refractivity contribution in [3.8, 4) is 0 Å². The van der Waals surface area contributed by atoms with E-state index in [9.17, 15) is 14.7 Å². The van der Waals surface area contributed by atoms with Crippen LogP contribution >= 0.6 is 11.3 Å². The van der Waals surface area contributed by atoms with E-state index in [1.165, 1.54) is 18.3 Å². The number of aromatic nitrogens is 1. The monoisotopic (exact) mass is 273 g/mol. The molecule has 0 saturated heterocycles. The molecule has 0 radical (unpaired) electrons. The maximum atomic E-state index is 11.6. The summed E-state index contributed by atoms with van der Waals surface area (Å²) in [4.78, 5) is 26.1. The Bertz CT molecular complexity index is 444. The van der Waals surface area contributed by atoms with Crippen molar-refractivity contribution in [3.05, 3.63) is 16.1 Å². The molecule has 18 heavy (non-hydrogen) atoms. The fourth-order valence-corrected chi connectivity index (χ4v) is 1.91. The first kappa shape index (κ1) is 14.6. The first-order valence-corrected chi connectivity index (χ1v) is 6.09. The van der Waals surface area contributed by atoms with E-state index in [0.29, 0.717) is 5.01 Å². The Balaban J connectivity index is 2.53. The predicted molar refractivity (Wildman–Crippen MR) is 65.2 cm³/mol. The van der Waals surface area contributed by atoms with Crippen LogP contribution in [0.25, 0.3) is 0 Å². The lowest BCUT2D eigenvalue weighted by Crippen LogP contribution is -2.42. The van der Waals surface area contributed by atoms with E-state index in [4.69, 9.17) is 10.8 Å².